The van der Waals surface area contributed by atoms with E-state index in [1.54, 1.807) is 18.2 Å². The average Bonchev–Trinajstić information content (AvgIpc) is 2.29. The molecule has 4 nitrogen and oxygen atoms in total. The average molecular weight is 218 g/mol. The fourth-order valence-corrected chi connectivity index (χ4v) is 1.22. The van der Waals surface area contributed by atoms with Crippen molar-refractivity contribution in [2.24, 2.45) is 0 Å². The van der Waals surface area contributed by atoms with Gasteiger partial charge in [0.2, 0.25) is 0 Å². The largest absolute Gasteiger partial charge is 0.384 e. The lowest BCUT2D eigenvalue weighted by Gasteiger charge is -2.05. The van der Waals surface area contributed by atoms with Crippen molar-refractivity contribution < 1.29 is 0 Å². The summed E-state index contributed by atoms with van der Waals surface area (Å²) >= 11 is 3.85. The summed E-state index contributed by atoms with van der Waals surface area (Å²) in [5.41, 5.74) is 1.62. The van der Waals surface area contributed by atoms with Crippen LogP contribution in [0.2, 0.25) is 0 Å². The molecule has 5 heteroatoms. The van der Waals surface area contributed by atoms with Gasteiger partial charge in [0, 0.05) is 18.8 Å². The van der Waals surface area contributed by atoms with Gasteiger partial charge in [-0.05, 0) is 18.2 Å². The highest BCUT2D eigenvalue weighted by Gasteiger charge is 2.01. The third-order valence-corrected chi connectivity index (χ3v) is 2.05. The smallest absolute Gasteiger partial charge is 0.101 e. The van der Waals surface area contributed by atoms with Gasteiger partial charge < -0.3 is 5.32 Å². The third-order valence-electron chi connectivity index (χ3n) is 1.83. The molecule has 1 aromatic rings. The monoisotopic (exact) mass is 218 g/mol. The molecule has 15 heavy (non-hydrogen) atoms. The van der Waals surface area contributed by atoms with Crippen molar-refractivity contribution in [1.29, 1.82) is 10.5 Å². The van der Waals surface area contributed by atoms with Gasteiger partial charge in [0.05, 0.1) is 11.1 Å². The molecule has 0 unspecified atom stereocenters. The Morgan fingerprint density at radius 2 is 1.87 bits per heavy atom. The molecule has 76 valence electrons. The molecule has 0 amide bonds. The minimum Gasteiger partial charge on any atom is -0.384 e. The van der Waals surface area contributed by atoms with Crippen molar-refractivity contribution in [3.05, 3.63) is 29.3 Å². The molecule has 0 aliphatic rings. The van der Waals surface area contributed by atoms with Crippen LogP contribution in [0.3, 0.4) is 0 Å². The molecule has 0 aromatic heterocycles. The molecule has 1 aromatic carbocycles. The van der Waals surface area contributed by atoms with Gasteiger partial charge >= 0.3 is 0 Å². The van der Waals surface area contributed by atoms with E-state index in [0.717, 1.165) is 5.69 Å². The maximum Gasteiger partial charge on any atom is 0.101 e. The van der Waals surface area contributed by atoms with E-state index in [1.165, 1.54) is 0 Å². The topological polar surface area (TPSA) is 71.6 Å². The molecule has 1 rings (SSSR count). The molecule has 0 spiro atoms. The van der Waals surface area contributed by atoms with Gasteiger partial charge in [-0.2, -0.15) is 10.5 Å². The SMILES string of the molecule is N#Cc1ccc(NCCNS)cc1C#N. The molecule has 0 heterocycles. The van der Waals surface area contributed by atoms with Crippen LogP contribution in [0.15, 0.2) is 18.2 Å². The lowest BCUT2D eigenvalue weighted by Crippen LogP contribution is -2.14. The zero-order valence-electron chi connectivity index (χ0n) is 7.99. The standard InChI is InChI=1S/C10H10N4S/c11-6-8-1-2-10(5-9(8)7-12)13-3-4-14-15/h1-2,5,13-15H,3-4H2. The summed E-state index contributed by atoms with van der Waals surface area (Å²) in [7, 11) is 0. The molecule has 2 N–H and O–H groups in total. The fraction of sp³-hybridized carbons (Fsp3) is 0.200. The van der Waals surface area contributed by atoms with Gasteiger partial charge in [0.1, 0.15) is 12.1 Å². The van der Waals surface area contributed by atoms with Crippen LogP contribution in [0, 0.1) is 22.7 Å². The quantitative estimate of drug-likeness (QED) is 0.526. The summed E-state index contributed by atoms with van der Waals surface area (Å²) < 4.78 is 2.70. The summed E-state index contributed by atoms with van der Waals surface area (Å²) in [5.74, 6) is 0. The van der Waals surface area contributed by atoms with Crippen LogP contribution >= 0.6 is 12.8 Å². The highest BCUT2D eigenvalue weighted by molar-refractivity contribution is 7.78. The van der Waals surface area contributed by atoms with Crippen LogP contribution in [-0.4, -0.2) is 13.1 Å². The van der Waals surface area contributed by atoms with Gasteiger partial charge in [0.15, 0.2) is 0 Å². The number of nitrogens with zero attached hydrogens (tertiary/aromatic N) is 2. The van der Waals surface area contributed by atoms with Crippen LogP contribution in [0.5, 0.6) is 0 Å². The summed E-state index contributed by atoms with van der Waals surface area (Å²) in [5, 5.41) is 20.6. The third kappa shape index (κ3) is 3.17. The Morgan fingerprint density at radius 3 is 2.47 bits per heavy atom. The number of thiol groups is 1. The number of benzene rings is 1. The van der Waals surface area contributed by atoms with E-state index in [-0.39, 0.29) is 0 Å². The van der Waals surface area contributed by atoms with Crippen LogP contribution in [0.4, 0.5) is 5.69 Å². The Balaban J connectivity index is 2.77. The second kappa shape index (κ2) is 5.92. The normalized spacial score (nSPS) is 9.00. The number of anilines is 1. The fourth-order valence-electron chi connectivity index (χ4n) is 1.11. The first-order valence-corrected chi connectivity index (χ1v) is 4.81. The highest BCUT2D eigenvalue weighted by Crippen LogP contribution is 2.14. The molecule has 0 saturated carbocycles. The summed E-state index contributed by atoms with van der Waals surface area (Å²) in [6.45, 7) is 1.42. The highest BCUT2D eigenvalue weighted by atomic mass is 32.1. The molecule has 0 atom stereocenters. The lowest BCUT2D eigenvalue weighted by atomic mass is 10.1. The Bertz CT molecular complexity index is 416. The summed E-state index contributed by atoms with van der Waals surface area (Å²) in [6.07, 6.45) is 0. The van der Waals surface area contributed by atoms with Crippen LogP contribution in [0.1, 0.15) is 11.1 Å². The Morgan fingerprint density at radius 1 is 1.13 bits per heavy atom. The maximum atomic E-state index is 8.79. The zero-order chi connectivity index (χ0) is 11.1. The van der Waals surface area contributed by atoms with E-state index in [4.69, 9.17) is 10.5 Å². The van der Waals surface area contributed by atoms with E-state index in [1.807, 2.05) is 12.1 Å². The number of hydrogen-bond acceptors (Lipinski definition) is 5. The first-order chi connectivity index (χ1) is 7.31. The van der Waals surface area contributed by atoms with Crippen LogP contribution in [-0.2, 0) is 0 Å². The second-order valence-corrected chi connectivity index (χ2v) is 3.14. The van der Waals surface area contributed by atoms with E-state index in [0.29, 0.717) is 24.2 Å². The molecule has 0 aliphatic carbocycles. The first kappa shape index (κ1) is 11.4. The maximum absolute atomic E-state index is 8.79. The zero-order valence-corrected chi connectivity index (χ0v) is 8.88. The van der Waals surface area contributed by atoms with Crippen molar-refractivity contribution in [2.45, 2.75) is 0 Å². The molecule has 0 bridgehead atoms. The van der Waals surface area contributed by atoms with Gasteiger partial charge in [-0.25, -0.2) is 0 Å². The second-order valence-electron chi connectivity index (χ2n) is 2.82. The van der Waals surface area contributed by atoms with Crippen molar-refractivity contribution in [3.8, 4) is 12.1 Å². The van der Waals surface area contributed by atoms with Gasteiger partial charge in [0.25, 0.3) is 0 Å². The van der Waals surface area contributed by atoms with Crippen LogP contribution < -0.4 is 10.0 Å². The van der Waals surface area contributed by atoms with Crippen molar-refractivity contribution in [2.75, 3.05) is 18.4 Å². The van der Waals surface area contributed by atoms with Gasteiger partial charge in [-0.1, -0.05) is 12.8 Å². The molecule has 0 fully saturated rings. The minimum absolute atomic E-state index is 0.390. The predicted molar refractivity (Wildman–Crippen MR) is 61.4 cm³/mol. The number of nitriles is 2. The molecule has 0 aliphatic heterocycles. The molecular formula is C10H10N4S. The lowest BCUT2D eigenvalue weighted by molar-refractivity contribution is 0.962. The molecular weight excluding hydrogens is 208 g/mol. The number of nitrogens with one attached hydrogen (secondary N) is 2. The first-order valence-electron chi connectivity index (χ1n) is 4.37. The predicted octanol–water partition coefficient (Wildman–Crippen LogP) is 1.28. The Kier molecular flexibility index (Phi) is 4.49. The van der Waals surface area contributed by atoms with Gasteiger partial charge in [-0.15, -0.1) is 0 Å². The van der Waals surface area contributed by atoms with E-state index < -0.39 is 0 Å². The summed E-state index contributed by atoms with van der Waals surface area (Å²) in [6, 6.07) is 9.02. The van der Waals surface area contributed by atoms with Crippen molar-refractivity contribution in [3.63, 3.8) is 0 Å². The summed E-state index contributed by atoms with van der Waals surface area (Å²) in [4.78, 5) is 0. The Labute approximate surface area is 94.1 Å². The van der Waals surface area contributed by atoms with E-state index in [9.17, 15) is 0 Å². The van der Waals surface area contributed by atoms with Crippen LogP contribution in [0.25, 0.3) is 0 Å². The van der Waals surface area contributed by atoms with Crippen molar-refractivity contribution in [1.82, 2.24) is 4.72 Å². The Hall–Kier alpha value is -1.69. The molecule has 0 radical (unpaired) electrons. The van der Waals surface area contributed by atoms with E-state index in [2.05, 4.69) is 22.9 Å². The van der Waals surface area contributed by atoms with Crippen molar-refractivity contribution >= 4 is 18.5 Å². The van der Waals surface area contributed by atoms with E-state index >= 15 is 0 Å². The number of rotatable bonds is 4. The molecule has 0 saturated heterocycles. The number of hydrogen-bond donors (Lipinski definition) is 3. The minimum atomic E-state index is 0.390. The van der Waals surface area contributed by atoms with Gasteiger partial charge in [-0.3, -0.25) is 4.72 Å².